The molecule has 0 saturated carbocycles. The molecule has 0 radical (unpaired) electrons. The van der Waals surface area contributed by atoms with Crippen LogP contribution in [0.2, 0.25) is 10.0 Å². The van der Waals surface area contributed by atoms with Gasteiger partial charge in [0.15, 0.2) is 6.61 Å². The summed E-state index contributed by atoms with van der Waals surface area (Å²) in [6, 6.07) is 17.5. The minimum atomic E-state index is -0.673. The van der Waals surface area contributed by atoms with Crippen LogP contribution in [0, 0.1) is 5.82 Å². The molecule has 5 nitrogen and oxygen atoms in total. The molecule has 0 aliphatic rings. The number of ether oxygens (including phenoxy) is 2. The Kier molecular flexibility index (Phi) is 8.25. The van der Waals surface area contributed by atoms with Crippen LogP contribution >= 0.6 is 23.2 Å². The Bertz CT molecular complexity index is 1100. The molecule has 32 heavy (non-hydrogen) atoms. The summed E-state index contributed by atoms with van der Waals surface area (Å²) >= 11 is 12.3. The van der Waals surface area contributed by atoms with Gasteiger partial charge < -0.3 is 14.8 Å². The van der Waals surface area contributed by atoms with Crippen molar-refractivity contribution >= 4 is 46.8 Å². The number of rotatable bonds is 8. The first-order chi connectivity index (χ1) is 15.4. The predicted octanol–water partition coefficient (Wildman–Crippen LogP) is 5.91. The molecule has 0 atom stereocenters. The van der Waals surface area contributed by atoms with Gasteiger partial charge >= 0.3 is 5.97 Å². The highest BCUT2D eigenvalue weighted by Gasteiger charge is 2.07. The van der Waals surface area contributed by atoms with Crippen LogP contribution in [0.15, 0.2) is 72.8 Å². The van der Waals surface area contributed by atoms with Crippen molar-refractivity contribution in [2.75, 3.05) is 11.9 Å². The van der Waals surface area contributed by atoms with Gasteiger partial charge in [-0.05, 0) is 60.2 Å². The maximum Gasteiger partial charge on any atom is 0.331 e. The van der Waals surface area contributed by atoms with Gasteiger partial charge in [-0.2, -0.15) is 0 Å². The molecule has 1 N–H and O–H groups in total. The summed E-state index contributed by atoms with van der Waals surface area (Å²) < 4.78 is 23.5. The first-order valence-corrected chi connectivity index (χ1v) is 10.2. The number of amides is 1. The minimum Gasteiger partial charge on any atom is -0.489 e. The van der Waals surface area contributed by atoms with Gasteiger partial charge in [-0.25, -0.2) is 9.18 Å². The van der Waals surface area contributed by atoms with Crippen LogP contribution in [0.4, 0.5) is 10.1 Å². The van der Waals surface area contributed by atoms with Crippen molar-refractivity contribution in [1.82, 2.24) is 0 Å². The highest BCUT2D eigenvalue weighted by Crippen LogP contribution is 2.26. The van der Waals surface area contributed by atoms with Gasteiger partial charge in [0.25, 0.3) is 5.91 Å². The number of anilines is 1. The van der Waals surface area contributed by atoms with Gasteiger partial charge in [-0.1, -0.05) is 41.4 Å². The van der Waals surface area contributed by atoms with Crippen molar-refractivity contribution in [3.05, 3.63) is 99.8 Å². The Morgan fingerprint density at radius 2 is 1.59 bits per heavy atom. The molecule has 0 bridgehead atoms. The lowest BCUT2D eigenvalue weighted by Crippen LogP contribution is -2.20. The normalized spacial score (nSPS) is 10.7. The largest absolute Gasteiger partial charge is 0.489 e. The second-order valence-corrected chi connectivity index (χ2v) is 7.37. The Hall–Kier alpha value is -3.35. The van der Waals surface area contributed by atoms with E-state index in [0.29, 0.717) is 27.0 Å². The maximum absolute atomic E-state index is 12.9. The summed E-state index contributed by atoms with van der Waals surface area (Å²) in [5.41, 5.74) is 1.84. The Morgan fingerprint density at radius 1 is 0.938 bits per heavy atom. The monoisotopic (exact) mass is 473 g/mol. The number of carbonyl (C=O) groups is 2. The van der Waals surface area contributed by atoms with Crippen molar-refractivity contribution in [3.63, 3.8) is 0 Å². The van der Waals surface area contributed by atoms with E-state index in [1.165, 1.54) is 30.3 Å². The average molecular weight is 474 g/mol. The van der Waals surface area contributed by atoms with Crippen molar-refractivity contribution < 1.29 is 23.5 Å². The molecule has 0 spiro atoms. The van der Waals surface area contributed by atoms with Crippen LogP contribution in [0.1, 0.15) is 11.1 Å². The quantitative estimate of drug-likeness (QED) is 0.326. The van der Waals surface area contributed by atoms with Crippen LogP contribution in [0.3, 0.4) is 0 Å². The lowest BCUT2D eigenvalue weighted by Gasteiger charge is -2.09. The van der Waals surface area contributed by atoms with E-state index >= 15 is 0 Å². The van der Waals surface area contributed by atoms with E-state index in [9.17, 15) is 14.0 Å². The SMILES string of the molecule is O=C(COC(=O)C=Cc1ccc(OCc2c(Cl)cccc2Cl)cc1)Nc1ccc(F)cc1. The van der Waals surface area contributed by atoms with Gasteiger partial charge in [0.1, 0.15) is 18.2 Å². The van der Waals surface area contributed by atoms with E-state index in [1.54, 1.807) is 48.5 Å². The van der Waals surface area contributed by atoms with E-state index < -0.39 is 24.3 Å². The summed E-state index contributed by atoms with van der Waals surface area (Å²) in [4.78, 5) is 23.6. The fourth-order valence-corrected chi connectivity index (χ4v) is 3.09. The minimum absolute atomic E-state index is 0.222. The topological polar surface area (TPSA) is 64.6 Å². The molecule has 0 saturated heterocycles. The molecule has 0 unspecified atom stereocenters. The molecule has 0 fully saturated rings. The van der Waals surface area contributed by atoms with Gasteiger partial charge in [0.2, 0.25) is 0 Å². The van der Waals surface area contributed by atoms with Crippen LogP contribution < -0.4 is 10.1 Å². The number of nitrogens with one attached hydrogen (secondary N) is 1. The summed E-state index contributed by atoms with van der Waals surface area (Å²) in [7, 11) is 0. The zero-order valence-electron chi connectivity index (χ0n) is 16.7. The van der Waals surface area contributed by atoms with Crippen molar-refractivity contribution in [3.8, 4) is 5.75 Å². The first kappa shape index (κ1) is 23.3. The first-order valence-electron chi connectivity index (χ1n) is 9.47. The molecule has 164 valence electrons. The maximum atomic E-state index is 12.9. The lowest BCUT2D eigenvalue weighted by molar-refractivity contribution is -0.142. The summed E-state index contributed by atoms with van der Waals surface area (Å²) in [6.07, 6.45) is 2.76. The molecule has 3 aromatic rings. The van der Waals surface area contributed by atoms with Crippen LogP contribution in [-0.2, 0) is 20.9 Å². The fourth-order valence-electron chi connectivity index (χ4n) is 2.58. The van der Waals surface area contributed by atoms with Crippen molar-refractivity contribution in [2.45, 2.75) is 6.61 Å². The van der Waals surface area contributed by atoms with Gasteiger partial charge in [0, 0.05) is 27.4 Å². The number of hydrogen-bond acceptors (Lipinski definition) is 4. The Morgan fingerprint density at radius 3 is 2.25 bits per heavy atom. The zero-order valence-corrected chi connectivity index (χ0v) is 18.2. The van der Waals surface area contributed by atoms with E-state index in [2.05, 4.69) is 5.32 Å². The highest BCUT2D eigenvalue weighted by atomic mass is 35.5. The third-order valence-electron chi connectivity index (χ3n) is 4.21. The summed E-state index contributed by atoms with van der Waals surface area (Å²) in [6.45, 7) is -0.238. The Balaban J connectivity index is 1.45. The highest BCUT2D eigenvalue weighted by molar-refractivity contribution is 6.35. The molecular formula is C24H18Cl2FNO4. The molecule has 0 aromatic heterocycles. The van der Waals surface area contributed by atoms with Crippen LogP contribution in [0.5, 0.6) is 5.75 Å². The second kappa shape index (κ2) is 11.3. The molecular weight excluding hydrogens is 456 g/mol. The molecule has 3 aromatic carbocycles. The van der Waals surface area contributed by atoms with Crippen molar-refractivity contribution in [1.29, 1.82) is 0 Å². The molecule has 0 aliphatic heterocycles. The van der Waals surface area contributed by atoms with Gasteiger partial charge in [-0.3, -0.25) is 4.79 Å². The number of carbonyl (C=O) groups excluding carboxylic acids is 2. The number of hydrogen-bond donors (Lipinski definition) is 1. The lowest BCUT2D eigenvalue weighted by atomic mass is 10.2. The van der Waals surface area contributed by atoms with E-state index in [4.69, 9.17) is 32.7 Å². The van der Waals surface area contributed by atoms with E-state index in [1.807, 2.05) is 0 Å². The second-order valence-electron chi connectivity index (χ2n) is 6.55. The Labute approximate surface area is 194 Å². The molecule has 8 heteroatoms. The molecule has 3 rings (SSSR count). The standard InChI is InChI=1S/C24H18Cl2FNO4/c25-21-2-1-3-22(26)20(21)14-31-19-11-4-16(5-12-19)6-13-24(30)32-15-23(29)28-18-9-7-17(27)8-10-18/h1-13H,14-15H2,(H,28,29). The van der Waals surface area contributed by atoms with E-state index in [0.717, 1.165) is 5.56 Å². The average Bonchev–Trinajstić information content (AvgIpc) is 2.78. The number of esters is 1. The van der Waals surface area contributed by atoms with Crippen molar-refractivity contribution in [2.24, 2.45) is 0 Å². The van der Waals surface area contributed by atoms with Crippen LogP contribution in [0.25, 0.3) is 6.08 Å². The van der Waals surface area contributed by atoms with Crippen LogP contribution in [-0.4, -0.2) is 18.5 Å². The number of halogens is 3. The smallest absolute Gasteiger partial charge is 0.331 e. The molecule has 0 aliphatic carbocycles. The third-order valence-corrected chi connectivity index (χ3v) is 4.92. The predicted molar refractivity (Wildman–Crippen MR) is 122 cm³/mol. The summed E-state index contributed by atoms with van der Waals surface area (Å²) in [5, 5.41) is 3.56. The van der Waals surface area contributed by atoms with Gasteiger partial charge in [0.05, 0.1) is 0 Å². The molecule has 0 heterocycles. The zero-order chi connectivity index (χ0) is 22.9. The third kappa shape index (κ3) is 7.11. The number of benzene rings is 3. The summed E-state index contributed by atoms with van der Waals surface area (Å²) in [5.74, 6) is -1.01. The molecule has 1 amide bonds. The fraction of sp³-hybridized carbons (Fsp3) is 0.0833. The van der Waals surface area contributed by atoms with E-state index in [-0.39, 0.29) is 6.61 Å². The van der Waals surface area contributed by atoms with Gasteiger partial charge in [-0.15, -0.1) is 0 Å².